The van der Waals surface area contributed by atoms with Gasteiger partial charge >= 0.3 is 0 Å². The molecule has 2 aromatic carbocycles. The van der Waals surface area contributed by atoms with Crippen molar-refractivity contribution in [2.24, 2.45) is 0 Å². The van der Waals surface area contributed by atoms with Gasteiger partial charge < -0.3 is 4.90 Å². The van der Waals surface area contributed by atoms with Crippen LogP contribution in [0.4, 0.5) is 5.69 Å². The van der Waals surface area contributed by atoms with Crippen LogP contribution in [0.25, 0.3) is 0 Å². The van der Waals surface area contributed by atoms with Crippen LogP contribution in [0.2, 0.25) is 5.02 Å². The summed E-state index contributed by atoms with van der Waals surface area (Å²) in [5.74, 6) is -0.00263. The van der Waals surface area contributed by atoms with Crippen molar-refractivity contribution in [3.05, 3.63) is 69.2 Å². The number of hydrogen-bond acceptors (Lipinski definition) is 5. The third-order valence-electron chi connectivity index (χ3n) is 5.73. The molecule has 0 unspecified atom stereocenters. The summed E-state index contributed by atoms with van der Waals surface area (Å²) in [5.41, 5.74) is 0.0557. The van der Waals surface area contributed by atoms with Gasteiger partial charge in [-0.3, -0.25) is 14.9 Å². The Labute approximate surface area is 179 Å². The molecule has 0 N–H and O–H groups in total. The largest absolute Gasteiger partial charge is 0.339 e. The summed E-state index contributed by atoms with van der Waals surface area (Å²) in [4.78, 5) is 25.1. The number of carbonyl (C=O) groups excluding carboxylic acids is 1. The molecule has 1 heterocycles. The van der Waals surface area contributed by atoms with Gasteiger partial charge in [0.2, 0.25) is 15.9 Å². The number of carbonyl (C=O) groups is 1. The average molecular weight is 450 g/mol. The van der Waals surface area contributed by atoms with Gasteiger partial charge in [0.15, 0.2) is 0 Å². The predicted molar refractivity (Wildman–Crippen MR) is 111 cm³/mol. The zero-order chi connectivity index (χ0) is 21.5. The fraction of sp³-hybridized carbons (Fsp3) is 0.350. The second-order valence-electron chi connectivity index (χ2n) is 7.54. The summed E-state index contributed by atoms with van der Waals surface area (Å²) in [6.07, 6.45) is 1.50. The number of amides is 1. The molecule has 10 heteroatoms. The molecule has 0 bridgehead atoms. The Morgan fingerprint density at radius 1 is 1.03 bits per heavy atom. The van der Waals surface area contributed by atoms with Gasteiger partial charge in [-0.1, -0.05) is 29.8 Å². The third kappa shape index (κ3) is 3.68. The van der Waals surface area contributed by atoms with E-state index in [1.807, 2.05) is 18.2 Å². The number of halogens is 1. The Balaban J connectivity index is 1.47. The lowest BCUT2D eigenvalue weighted by Crippen LogP contribution is -2.52. The zero-order valence-corrected chi connectivity index (χ0v) is 17.6. The smallest absolute Gasteiger partial charge is 0.270 e. The van der Waals surface area contributed by atoms with Crippen molar-refractivity contribution in [2.75, 3.05) is 26.2 Å². The predicted octanol–water partition coefficient (Wildman–Crippen LogP) is 2.81. The molecule has 1 saturated carbocycles. The lowest BCUT2D eigenvalue weighted by molar-refractivity contribution is -0.385. The van der Waals surface area contributed by atoms with Crippen molar-refractivity contribution < 1.29 is 18.1 Å². The van der Waals surface area contributed by atoms with Gasteiger partial charge in [-0.15, -0.1) is 0 Å². The van der Waals surface area contributed by atoms with Crippen molar-refractivity contribution in [3.8, 4) is 0 Å². The van der Waals surface area contributed by atoms with E-state index in [-0.39, 0.29) is 42.7 Å². The monoisotopic (exact) mass is 449 g/mol. The van der Waals surface area contributed by atoms with Gasteiger partial charge in [0.25, 0.3) is 5.69 Å². The quantitative estimate of drug-likeness (QED) is 0.516. The Morgan fingerprint density at radius 2 is 1.70 bits per heavy atom. The summed E-state index contributed by atoms with van der Waals surface area (Å²) in [6.45, 7) is 0.829. The first-order chi connectivity index (χ1) is 14.2. The molecule has 1 aliphatic carbocycles. The first kappa shape index (κ1) is 20.8. The number of nitrogens with zero attached hydrogens (tertiary/aromatic N) is 3. The number of nitro benzene ring substituents is 1. The molecule has 0 spiro atoms. The van der Waals surface area contributed by atoms with E-state index in [2.05, 4.69) is 0 Å². The van der Waals surface area contributed by atoms with E-state index in [1.54, 1.807) is 11.0 Å². The van der Waals surface area contributed by atoms with Crippen LogP contribution < -0.4 is 0 Å². The van der Waals surface area contributed by atoms with Gasteiger partial charge in [-0.25, -0.2) is 8.42 Å². The van der Waals surface area contributed by atoms with E-state index in [0.29, 0.717) is 5.02 Å². The Hall–Kier alpha value is -2.49. The summed E-state index contributed by atoms with van der Waals surface area (Å²) in [7, 11) is -3.87. The molecule has 1 amide bonds. The maximum Gasteiger partial charge on any atom is 0.270 e. The van der Waals surface area contributed by atoms with Crippen LogP contribution in [0, 0.1) is 10.1 Å². The van der Waals surface area contributed by atoms with Crippen LogP contribution >= 0.6 is 11.6 Å². The number of non-ortho nitro benzene ring substituents is 1. The van der Waals surface area contributed by atoms with Gasteiger partial charge in [0.1, 0.15) is 0 Å². The van der Waals surface area contributed by atoms with Crippen LogP contribution in [0.5, 0.6) is 0 Å². The zero-order valence-electron chi connectivity index (χ0n) is 16.0. The van der Waals surface area contributed by atoms with E-state index in [0.717, 1.165) is 24.5 Å². The van der Waals surface area contributed by atoms with Crippen LogP contribution in [-0.4, -0.2) is 54.6 Å². The van der Waals surface area contributed by atoms with Crippen molar-refractivity contribution >= 4 is 33.2 Å². The minimum absolute atomic E-state index is 0.00263. The fourth-order valence-electron chi connectivity index (χ4n) is 3.88. The first-order valence-corrected chi connectivity index (χ1v) is 11.4. The second-order valence-corrected chi connectivity index (χ2v) is 9.92. The highest BCUT2D eigenvalue weighted by Gasteiger charge is 2.53. The molecule has 2 fully saturated rings. The van der Waals surface area contributed by atoms with Crippen LogP contribution in [-0.2, 0) is 20.2 Å². The minimum atomic E-state index is -3.87. The van der Waals surface area contributed by atoms with Crippen LogP contribution in [0.15, 0.2) is 53.4 Å². The molecule has 4 rings (SSSR count). The number of hydrogen-bond donors (Lipinski definition) is 0. The van der Waals surface area contributed by atoms with Crippen molar-refractivity contribution in [2.45, 2.75) is 23.2 Å². The van der Waals surface area contributed by atoms with Gasteiger partial charge in [-0.05, 0) is 36.6 Å². The highest BCUT2D eigenvalue weighted by Crippen LogP contribution is 2.50. The SMILES string of the molecule is O=C(N1CCN(S(=O)(=O)c2cccc([N+](=O)[O-])c2)CC1)C1(c2cccc(Cl)c2)CC1. The highest BCUT2D eigenvalue weighted by molar-refractivity contribution is 7.89. The summed E-state index contributed by atoms with van der Waals surface area (Å²) >= 11 is 6.09. The van der Waals surface area contributed by atoms with Crippen molar-refractivity contribution in [3.63, 3.8) is 0 Å². The number of nitro groups is 1. The normalized spacial score (nSPS) is 18.8. The Kier molecular flexibility index (Phi) is 5.29. The molecular formula is C20H20ClN3O5S. The molecule has 2 aliphatic rings. The standard InChI is InChI=1S/C20H20ClN3O5S/c21-16-4-1-3-15(13-16)20(7-8-20)19(25)22-9-11-23(12-10-22)30(28,29)18-6-2-5-17(14-18)24(26)27/h1-6,13-14H,7-12H2. The summed E-state index contributed by atoms with van der Waals surface area (Å²) in [5, 5.41) is 11.5. The molecule has 8 nitrogen and oxygen atoms in total. The average Bonchev–Trinajstić information content (AvgIpc) is 3.55. The number of benzene rings is 2. The van der Waals surface area contributed by atoms with Gasteiger partial charge in [-0.2, -0.15) is 4.31 Å². The highest BCUT2D eigenvalue weighted by atomic mass is 35.5. The van der Waals surface area contributed by atoms with E-state index in [1.165, 1.54) is 22.5 Å². The summed E-state index contributed by atoms with van der Waals surface area (Å²) < 4.78 is 27.1. The topological polar surface area (TPSA) is 101 Å². The molecule has 2 aromatic rings. The Morgan fingerprint density at radius 3 is 2.30 bits per heavy atom. The maximum absolute atomic E-state index is 13.2. The first-order valence-electron chi connectivity index (χ1n) is 9.54. The van der Waals surface area contributed by atoms with Crippen molar-refractivity contribution in [1.82, 2.24) is 9.21 Å². The van der Waals surface area contributed by atoms with Gasteiger partial charge in [0.05, 0.1) is 15.2 Å². The lowest BCUT2D eigenvalue weighted by atomic mass is 9.94. The lowest BCUT2D eigenvalue weighted by Gasteiger charge is -2.36. The molecular weight excluding hydrogens is 430 g/mol. The fourth-order valence-corrected chi connectivity index (χ4v) is 5.53. The number of piperazine rings is 1. The molecule has 0 atom stereocenters. The van der Waals surface area contributed by atoms with Crippen LogP contribution in [0.3, 0.4) is 0 Å². The van der Waals surface area contributed by atoms with Crippen molar-refractivity contribution in [1.29, 1.82) is 0 Å². The molecule has 158 valence electrons. The van der Waals surface area contributed by atoms with E-state index in [9.17, 15) is 23.3 Å². The van der Waals surface area contributed by atoms with E-state index >= 15 is 0 Å². The Bertz CT molecular complexity index is 1110. The minimum Gasteiger partial charge on any atom is -0.339 e. The number of rotatable bonds is 5. The van der Waals surface area contributed by atoms with E-state index < -0.39 is 20.4 Å². The molecule has 1 aliphatic heterocycles. The molecule has 0 radical (unpaired) electrons. The van der Waals surface area contributed by atoms with E-state index in [4.69, 9.17) is 11.6 Å². The van der Waals surface area contributed by atoms with Gasteiger partial charge in [0, 0.05) is 43.3 Å². The second kappa shape index (κ2) is 7.64. The molecule has 30 heavy (non-hydrogen) atoms. The van der Waals surface area contributed by atoms with Crippen LogP contribution in [0.1, 0.15) is 18.4 Å². The third-order valence-corrected chi connectivity index (χ3v) is 7.86. The number of sulfonamides is 1. The summed E-state index contributed by atoms with van der Waals surface area (Å²) in [6, 6.07) is 12.3. The molecule has 0 aromatic heterocycles. The maximum atomic E-state index is 13.2. The molecule has 1 saturated heterocycles.